The lowest BCUT2D eigenvalue weighted by molar-refractivity contribution is -0.142. The molecule has 1 atom stereocenters. The number of sulfonamides is 1. The molecule has 0 aliphatic heterocycles. The Morgan fingerprint density at radius 1 is 1.37 bits per heavy atom. The van der Waals surface area contributed by atoms with E-state index in [4.69, 9.17) is 0 Å². The van der Waals surface area contributed by atoms with Crippen LogP contribution in [0.4, 0.5) is 0 Å². The van der Waals surface area contributed by atoms with E-state index in [1.54, 1.807) is 25.1 Å². The Labute approximate surface area is 160 Å². The topological polar surface area (TPSA) is 92.8 Å². The predicted molar refractivity (Wildman–Crippen MR) is 105 cm³/mol. The van der Waals surface area contributed by atoms with Crippen LogP contribution < -0.4 is 5.32 Å². The molecular weight excluding hydrogens is 368 g/mol. The molecule has 0 heterocycles. The van der Waals surface area contributed by atoms with Crippen LogP contribution in [0.15, 0.2) is 43.1 Å². The standard InChI is InChI=1S/C19H26N2O5S/c1-5-21(3)27(24,25)13-8-6-7-10-16-11-9-12-17(14-16)18(22)20-15(2)19(23)26-4/h5,7,9-12,14-15H,1,6,8,13H2,2-4H3,(H,20,22). The van der Waals surface area contributed by atoms with Crippen LogP contribution >= 0.6 is 0 Å². The summed E-state index contributed by atoms with van der Waals surface area (Å²) in [7, 11) is -0.588. The lowest BCUT2D eigenvalue weighted by atomic mass is 10.1. The molecule has 0 saturated heterocycles. The zero-order valence-corrected chi connectivity index (χ0v) is 16.7. The minimum Gasteiger partial charge on any atom is -0.467 e. The average Bonchev–Trinajstić information content (AvgIpc) is 2.66. The molecule has 0 aliphatic rings. The van der Waals surface area contributed by atoms with Gasteiger partial charge >= 0.3 is 5.97 Å². The summed E-state index contributed by atoms with van der Waals surface area (Å²) in [6.45, 7) is 4.99. The molecule has 1 amide bonds. The second-order valence-electron chi connectivity index (χ2n) is 5.90. The fourth-order valence-corrected chi connectivity index (χ4v) is 3.21. The number of rotatable bonds is 10. The summed E-state index contributed by atoms with van der Waals surface area (Å²) < 4.78 is 29.3. The summed E-state index contributed by atoms with van der Waals surface area (Å²) in [4.78, 5) is 23.6. The Kier molecular flexibility index (Phi) is 8.74. The Morgan fingerprint density at radius 3 is 2.70 bits per heavy atom. The predicted octanol–water partition coefficient (Wildman–Crippen LogP) is 2.18. The van der Waals surface area contributed by atoms with Crippen LogP contribution in [0, 0.1) is 0 Å². The van der Waals surface area contributed by atoms with Crippen LogP contribution in [0.1, 0.15) is 35.7 Å². The molecule has 0 saturated carbocycles. The van der Waals surface area contributed by atoms with Crippen LogP contribution in [0.5, 0.6) is 0 Å². The Bertz CT molecular complexity index is 802. The van der Waals surface area contributed by atoms with Gasteiger partial charge in [0, 0.05) is 18.8 Å². The molecule has 0 bridgehead atoms. The molecule has 27 heavy (non-hydrogen) atoms. The lowest BCUT2D eigenvalue weighted by Crippen LogP contribution is -2.39. The Balaban J connectivity index is 2.61. The smallest absolute Gasteiger partial charge is 0.328 e. The van der Waals surface area contributed by atoms with Gasteiger partial charge in [0.1, 0.15) is 6.04 Å². The van der Waals surface area contributed by atoms with E-state index in [1.807, 2.05) is 18.2 Å². The number of nitrogens with one attached hydrogen (secondary N) is 1. The first-order chi connectivity index (χ1) is 12.7. The minimum absolute atomic E-state index is 0.0354. The van der Waals surface area contributed by atoms with Crippen molar-refractivity contribution in [3.63, 3.8) is 0 Å². The zero-order chi connectivity index (χ0) is 20.4. The number of nitrogens with zero attached hydrogens (tertiary/aromatic N) is 1. The summed E-state index contributed by atoms with van der Waals surface area (Å²) in [5, 5.41) is 2.57. The van der Waals surface area contributed by atoms with Crippen LogP contribution in [0.2, 0.25) is 0 Å². The number of carbonyl (C=O) groups excluding carboxylic acids is 2. The van der Waals surface area contributed by atoms with Crippen LogP contribution in [-0.4, -0.2) is 50.6 Å². The number of carbonyl (C=O) groups is 2. The monoisotopic (exact) mass is 394 g/mol. The number of hydrogen-bond acceptors (Lipinski definition) is 5. The first-order valence-corrected chi connectivity index (χ1v) is 10.1. The molecule has 1 unspecified atom stereocenters. The maximum absolute atomic E-state index is 12.2. The van der Waals surface area contributed by atoms with Crippen molar-refractivity contribution < 1.29 is 22.7 Å². The average molecular weight is 394 g/mol. The summed E-state index contributed by atoms with van der Waals surface area (Å²) >= 11 is 0. The van der Waals surface area contributed by atoms with Crippen molar-refractivity contribution in [3.8, 4) is 0 Å². The first kappa shape index (κ1) is 22.4. The van der Waals surface area contributed by atoms with E-state index in [9.17, 15) is 18.0 Å². The number of hydrogen-bond donors (Lipinski definition) is 1. The first-order valence-electron chi connectivity index (χ1n) is 8.45. The van der Waals surface area contributed by atoms with Crippen molar-refractivity contribution in [2.45, 2.75) is 25.8 Å². The third-order valence-electron chi connectivity index (χ3n) is 3.83. The van der Waals surface area contributed by atoms with Gasteiger partial charge in [-0.1, -0.05) is 30.9 Å². The number of unbranched alkanes of at least 4 members (excludes halogenated alkanes) is 1. The van der Waals surface area contributed by atoms with Gasteiger partial charge in [-0.3, -0.25) is 9.10 Å². The normalized spacial score (nSPS) is 12.4. The number of ether oxygens (including phenoxy) is 1. The highest BCUT2D eigenvalue weighted by molar-refractivity contribution is 7.89. The van der Waals surface area contributed by atoms with Gasteiger partial charge < -0.3 is 10.1 Å². The highest BCUT2D eigenvalue weighted by Crippen LogP contribution is 2.10. The fraction of sp³-hybridized carbons (Fsp3) is 0.368. The number of benzene rings is 1. The van der Waals surface area contributed by atoms with Gasteiger partial charge in [-0.05, 0) is 37.5 Å². The third kappa shape index (κ3) is 7.26. The minimum atomic E-state index is -3.30. The quantitative estimate of drug-likeness (QED) is 0.485. The number of methoxy groups -OCH3 is 1. The third-order valence-corrected chi connectivity index (χ3v) is 5.66. The Morgan fingerprint density at radius 2 is 2.07 bits per heavy atom. The molecule has 0 spiro atoms. The molecule has 1 rings (SSSR count). The van der Waals surface area contributed by atoms with Gasteiger partial charge in [0.05, 0.1) is 12.9 Å². The molecule has 1 aromatic carbocycles. The zero-order valence-electron chi connectivity index (χ0n) is 15.8. The summed E-state index contributed by atoms with van der Waals surface area (Å²) in [5.74, 6) is -0.855. The molecular formula is C19H26N2O5S. The molecule has 1 aromatic rings. The van der Waals surface area contributed by atoms with Crippen molar-refractivity contribution in [3.05, 3.63) is 54.2 Å². The maximum atomic E-state index is 12.2. The summed E-state index contributed by atoms with van der Waals surface area (Å²) in [6, 6.07) is 6.17. The second-order valence-corrected chi connectivity index (χ2v) is 8.05. The molecule has 1 N–H and O–H groups in total. The van der Waals surface area contributed by atoms with Gasteiger partial charge in [-0.25, -0.2) is 13.2 Å². The number of amides is 1. The largest absolute Gasteiger partial charge is 0.467 e. The Hall–Kier alpha value is -2.61. The van der Waals surface area contributed by atoms with Crippen LogP contribution in [-0.2, 0) is 19.6 Å². The van der Waals surface area contributed by atoms with Crippen LogP contribution in [0.3, 0.4) is 0 Å². The molecule has 7 nitrogen and oxygen atoms in total. The van der Waals surface area contributed by atoms with E-state index in [0.29, 0.717) is 18.4 Å². The van der Waals surface area contributed by atoms with Gasteiger partial charge in [-0.15, -0.1) is 0 Å². The van der Waals surface area contributed by atoms with Crippen molar-refractivity contribution in [2.75, 3.05) is 19.9 Å². The van der Waals surface area contributed by atoms with E-state index in [2.05, 4.69) is 16.6 Å². The van der Waals surface area contributed by atoms with E-state index in [0.717, 1.165) is 9.87 Å². The number of allylic oxidation sites excluding steroid dienone is 1. The molecule has 0 aromatic heterocycles. The molecule has 8 heteroatoms. The second kappa shape index (κ2) is 10.5. The van der Waals surface area contributed by atoms with Crippen LogP contribution in [0.25, 0.3) is 6.08 Å². The van der Waals surface area contributed by atoms with Crippen molar-refractivity contribution in [2.24, 2.45) is 0 Å². The lowest BCUT2D eigenvalue weighted by Gasteiger charge is -2.13. The number of esters is 1. The highest BCUT2D eigenvalue weighted by Gasteiger charge is 2.16. The van der Waals surface area contributed by atoms with Crippen molar-refractivity contribution in [1.29, 1.82) is 0 Å². The van der Waals surface area contributed by atoms with E-state index in [1.165, 1.54) is 20.4 Å². The summed E-state index contributed by atoms with van der Waals surface area (Å²) in [6.07, 6.45) is 6.01. The molecule has 0 fully saturated rings. The SMILES string of the molecule is C=CN(C)S(=O)(=O)CCCC=Cc1cccc(C(=O)NC(C)C(=O)OC)c1. The highest BCUT2D eigenvalue weighted by atomic mass is 32.2. The fourth-order valence-electron chi connectivity index (χ4n) is 2.16. The van der Waals surface area contributed by atoms with Gasteiger partial charge in [0.2, 0.25) is 10.0 Å². The van der Waals surface area contributed by atoms with E-state index in [-0.39, 0.29) is 11.7 Å². The molecule has 0 aliphatic carbocycles. The van der Waals surface area contributed by atoms with E-state index < -0.39 is 22.0 Å². The van der Waals surface area contributed by atoms with Gasteiger partial charge in [0.25, 0.3) is 5.91 Å². The van der Waals surface area contributed by atoms with Crippen molar-refractivity contribution >= 4 is 28.0 Å². The van der Waals surface area contributed by atoms with Gasteiger partial charge in [0.15, 0.2) is 0 Å². The molecule has 148 valence electrons. The van der Waals surface area contributed by atoms with Crippen molar-refractivity contribution in [1.82, 2.24) is 9.62 Å². The van der Waals surface area contributed by atoms with Gasteiger partial charge in [-0.2, -0.15) is 0 Å². The molecule has 0 radical (unpaired) electrons. The maximum Gasteiger partial charge on any atom is 0.328 e. The summed E-state index contributed by atoms with van der Waals surface area (Å²) in [5.41, 5.74) is 1.22. The van der Waals surface area contributed by atoms with E-state index >= 15 is 0 Å².